The quantitative estimate of drug-likeness (QED) is 0.379. The lowest BCUT2D eigenvalue weighted by atomic mass is 10.1. The second-order valence-electron chi connectivity index (χ2n) is 5.58. The molecule has 0 saturated carbocycles. The van der Waals surface area contributed by atoms with Crippen molar-refractivity contribution in [3.63, 3.8) is 0 Å². The standard InChI is InChI=1S/C20H13NS/c1-4-8-19-13(5-1)12-20(22-19)14-9-10-16-15-6-2-3-7-17(15)21-18(16)11-14/h1-12,21H. The summed E-state index contributed by atoms with van der Waals surface area (Å²) in [6.45, 7) is 0. The summed E-state index contributed by atoms with van der Waals surface area (Å²) < 4.78 is 1.34. The maximum Gasteiger partial charge on any atom is 0.0471 e. The number of hydrogen-bond donors (Lipinski definition) is 1. The molecule has 0 aliphatic heterocycles. The first-order valence-corrected chi connectivity index (χ1v) is 8.19. The molecule has 0 fully saturated rings. The van der Waals surface area contributed by atoms with Crippen LogP contribution in [-0.2, 0) is 0 Å². The van der Waals surface area contributed by atoms with Crippen LogP contribution in [-0.4, -0.2) is 4.98 Å². The summed E-state index contributed by atoms with van der Waals surface area (Å²) in [5.74, 6) is 0. The fraction of sp³-hybridized carbons (Fsp3) is 0. The van der Waals surface area contributed by atoms with Crippen LogP contribution in [0.3, 0.4) is 0 Å². The molecule has 2 heteroatoms. The number of nitrogens with one attached hydrogen (secondary N) is 1. The van der Waals surface area contributed by atoms with E-state index in [0.717, 1.165) is 0 Å². The number of benzene rings is 3. The predicted molar refractivity (Wildman–Crippen MR) is 96.6 cm³/mol. The molecule has 104 valence electrons. The largest absolute Gasteiger partial charge is 0.354 e. The van der Waals surface area contributed by atoms with E-state index in [9.17, 15) is 0 Å². The van der Waals surface area contributed by atoms with Crippen molar-refractivity contribution >= 4 is 43.2 Å². The zero-order valence-corrected chi connectivity index (χ0v) is 12.7. The smallest absolute Gasteiger partial charge is 0.0471 e. The van der Waals surface area contributed by atoms with Crippen molar-refractivity contribution < 1.29 is 0 Å². The summed E-state index contributed by atoms with van der Waals surface area (Å²) in [6, 6.07) is 26.0. The van der Waals surface area contributed by atoms with Crippen molar-refractivity contribution in [1.29, 1.82) is 0 Å². The molecule has 0 bridgehead atoms. The molecule has 0 aliphatic rings. The van der Waals surface area contributed by atoms with Gasteiger partial charge in [-0.15, -0.1) is 11.3 Å². The van der Waals surface area contributed by atoms with Crippen molar-refractivity contribution in [1.82, 2.24) is 4.98 Å². The second-order valence-corrected chi connectivity index (χ2v) is 6.66. The first kappa shape index (κ1) is 12.0. The highest BCUT2D eigenvalue weighted by molar-refractivity contribution is 7.22. The van der Waals surface area contributed by atoms with Gasteiger partial charge in [-0.05, 0) is 35.2 Å². The van der Waals surface area contributed by atoms with Gasteiger partial charge in [-0.3, -0.25) is 0 Å². The van der Waals surface area contributed by atoms with Gasteiger partial charge in [0.1, 0.15) is 0 Å². The third-order valence-electron chi connectivity index (χ3n) is 4.22. The molecular formula is C20H13NS. The SMILES string of the molecule is c1ccc2sc(-c3ccc4c(c3)[nH]c3ccccc34)cc2c1. The molecule has 3 aromatic carbocycles. The summed E-state index contributed by atoms with van der Waals surface area (Å²) in [4.78, 5) is 4.85. The monoisotopic (exact) mass is 299 g/mol. The van der Waals surface area contributed by atoms with E-state index in [1.165, 1.54) is 42.3 Å². The Morgan fingerprint density at radius 2 is 1.50 bits per heavy atom. The van der Waals surface area contributed by atoms with Crippen molar-refractivity contribution in [3.8, 4) is 10.4 Å². The van der Waals surface area contributed by atoms with Gasteiger partial charge in [0.2, 0.25) is 0 Å². The molecule has 0 unspecified atom stereocenters. The fourth-order valence-electron chi connectivity index (χ4n) is 3.13. The van der Waals surface area contributed by atoms with Crippen molar-refractivity contribution in [3.05, 3.63) is 72.8 Å². The lowest BCUT2D eigenvalue weighted by Crippen LogP contribution is -1.73. The van der Waals surface area contributed by atoms with Crippen LogP contribution in [0.2, 0.25) is 0 Å². The Kier molecular flexibility index (Phi) is 2.43. The molecule has 0 spiro atoms. The highest BCUT2D eigenvalue weighted by atomic mass is 32.1. The Morgan fingerprint density at radius 1 is 0.682 bits per heavy atom. The van der Waals surface area contributed by atoms with Crippen molar-refractivity contribution in [2.75, 3.05) is 0 Å². The van der Waals surface area contributed by atoms with Gasteiger partial charge in [-0.1, -0.05) is 48.5 Å². The predicted octanol–water partition coefficient (Wildman–Crippen LogP) is 6.20. The Morgan fingerprint density at radius 3 is 2.45 bits per heavy atom. The van der Waals surface area contributed by atoms with Crippen LogP contribution >= 0.6 is 11.3 Å². The highest BCUT2D eigenvalue weighted by Crippen LogP contribution is 2.35. The highest BCUT2D eigenvalue weighted by Gasteiger charge is 2.07. The lowest BCUT2D eigenvalue weighted by molar-refractivity contribution is 1.55. The molecule has 0 amide bonds. The van der Waals surface area contributed by atoms with Gasteiger partial charge >= 0.3 is 0 Å². The Hall–Kier alpha value is -2.58. The number of aromatic nitrogens is 1. The number of thiophene rings is 1. The molecule has 1 nitrogen and oxygen atoms in total. The Bertz CT molecular complexity index is 1100. The molecule has 22 heavy (non-hydrogen) atoms. The second kappa shape index (κ2) is 4.46. The number of hydrogen-bond acceptors (Lipinski definition) is 1. The molecule has 1 N–H and O–H groups in total. The van der Waals surface area contributed by atoms with Crippen LogP contribution in [0.5, 0.6) is 0 Å². The molecule has 5 rings (SSSR count). The molecule has 0 atom stereocenters. The van der Waals surface area contributed by atoms with Crippen LogP contribution in [0.1, 0.15) is 0 Å². The van der Waals surface area contributed by atoms with E-state index in [4.69, 9.17) is 0 Å². The molecule has 0 radical (unpaired) electrons. The topological polar surface area (TPSA) is 15.8 Å². The zero-order valence-electron chi connectivity index (χ0n) is 11.8. The molecule has 2 aromatic heterocycles. The average molecular weight is 299 g/mol. The molecule has 2 heterocycles. The van der Waals surface area contributed by atoms with Gasteiger partial charge in [0.15, 0.2) is 0 Å². The molecule has 0 aliphatic carbocycles. The molecule has 0 saturated heterocycles. The number of rotatable bonds is 1. The minimum atomic E-state index is 1.20. The normalized spacial score (nSPS) is 11.6. The van der Waals surface area contributed by atoms with E-state index in [1.807, 2.05) is 11.3 Å². The number of aromatic amines is 1. The van der Waals surface area contributed by atoms with Gasteiger partial charge in [-0.2, -0.15) is 0 Å². The lowest BCUT2D eigenvalue weighted by Gasteiger charge is -1.97. The van der Waals surface area contributed by atoms with E-state index in [0.29, 0.717) is 0 Å². The minimum absolute atomic E-state index is 1.20. The van der Waals surface area contributed by atoms with Gasteiger partial charge in [0.05, 0.1) is 0 Å². The number of fused-ring (bicyclic) bond motifs is 4. The molecular weight excluding hydrogens is 286 g/mol. The van der Waals surface area contributed by atoms with E-state index in [-0.39, 0.29) is 0 Å². The van der Waals surface area contributed by atoms with Gasteiger partial charge < -0.3 is 4.98 Å². The van der Waals surface area contributed by atoms with Crippen LogP contribution in [0.15, 0.2) is 72.8 Å². The van der Waals surface area contributed by atoms with E-state index >= 15 is 0 Å². The maximum atomic E-state index is 3.53. The van der Waals surface area contributed by atoms with E-state index < -0.39 is 0 Å². The van der Waals surface area contributed by atoms with E-state index in [1.54, 1.807) is 0 Å². The third kappa shape index (κ3) is 1.71. The average Bonchev–Trinajstić information content (AvgIpc) is 3.15. The van der Waals surface area contributed by atoms with E-state index in [2.05, 4.69) is 77.8 Å². The third-order valence-corrected chi connectivity index (χ3v) is 5.38. The van der Waals surface area contributed by atoms with Crippen molar-refractivity contribution in [2.45, 2.75) is 0 Å². The van der Waals surface area contributed by atoms with Crippen molar-refractivity contribution in [2.24, 2.45) is 0 Å². The van der Waals surface area contributed by atoms with Gasteiger partial charge in [0, 0.05) is 31.4 Å². The maximum absolute atomic E-state index is 3.53. The first-order valence-electron chi connectivity index (χ1n) is 7.38. The number of para-hydroxylation sites is 1. The summed E-state index contributed by atoms with van der Waals surface area (Å²) in [5, 5.41) is 3.90. The first-order chi connectivity index (χ1) is 10.9. The fourth-order valence-corrected chi connectivity index (χ4v) is 4.19. The van der Waals surface area contributed by atoms with Crippen LogP contribution in [0, 0.1) is 0 Å². The van der Waals surface area contributed by atoms with Gasteiger partial charge in [-0.25, -0.2) is 0 Å². The van der Waals surface area contributed by atoms with Gasteiger partial charge in [0.25, 0.3) is 0 Å². The Labute approximate surface area is 131 Å². The van der Waals surface area contributed by atoms with Crippen LogP contribution in [0.4, 0.5) is 0 Å². The Balaban J connectivity index is 1.75. The summed E-state index contributed by atoms with van der Waals surface area (Å²) in [5.41, 5.74) is 3.68. The molecule has 5 aromatic rings. The summed E-state index contributed by atoms with van der Waals surface area (Å²) in [7, 11) is 0. The number of H-pyrrole nitrogens is 1. The summed E-state index contributed by atoms with van der Waals surface area (Å²) in [6.07, 6.45) is 0. The minimum Gasteiger partial charge on any atom is -0.354 e. The van der Waals surface area contributed by atoms with Crippen LogP contribution < -0.4 is 0 Å². The zero-order chi connectivity index (χ0) is 14.5. The summed E-state index contributed by atoms with van der Waals surface area (Å²) >= 11 is 1.85. The van der Waals surface area contributed by atoms with Crippen LogP contribution in [0.25, 0.3) is 42.3 Å².